The molecule has 1 rings (SSSR count). The van der Waals surface area contributed by atoms with Crippen LogP contribution in [0.15, 0.2) is 12.7 Å². The third-order valence-electron chi connectivity index (χ3n) is 2.63. The summed E-state index contributed by atoms with van der Waals surface area (Å²) in [6, 6.07) is 0.199. The van der Waals surface area contributed by atoms with Crippen LogP contribution >= 0.6 is 0 Å². The minimum atomic E-state index is -0.119. The molecule has 0 N–H and O–H groups in total. The van der Waals surface area contributed by atoms with Crippen molar-refractivity contribution in [1.82, 2.24) is 4.90 Å². The third-order valence-corrected chi connectivity index (χ3v) is 2.63. The molecule has 3 nitrogen and oxygen atoms in total. The summed E-state index contributed by atoms with van der Waals surface area (Å²) < 4.78 is 4.74. The number of likely N-dealkylation sites (tertiary alicyclic amines) is 1. The second-order valence-corrected chi connectivity index (χ2v) is 3.40. The second kappa shape index (κ2) is 4.42. The highest BCUT2D eigenvalue weighted by atomic mass is 16.5. The Morgan fingerprint density at radius 2 is 2.46 bits per heavy atom. The zero-order valence-corrected chi connectivity index (χ0v) is 8.32. The summed E-state index contributed by atoms with van der Waals surface area (Å²) in [5.41, 5.74) is 0. The lowest BCUT2D eigenvalue weighted by Crippen LogP contribution is -2.41. The Hall–Kier alpha value is -0.830. The summed E-state index contributed by atoms with van der Waals surface area (Å²) in [5.74, 6) is -0.119. The van der Waals surface area contributed by atoms with Crippen LogP contribution in [-0.2, 0) is 9.53 Å². The lowest BCUT2D eigenvalue weighted by Gasteiger charge is -2.26. The van der Waals surface area contributed by atoms with E-state index in [1.165, 1.54) is 7.11 Å². The van der Waals surface area contributed by atoms with Gasteiger partial charge in [-0.1, -0.05) is 6.08 Å². The molecule has 1 saturated heterocycles. The highest BCUT2D eigenvalue weighted by Crippen LogP contribution is 2.21. The van der Waals surface area contributed by atoms with Gasteiger partial charge in [-0.2, -0.15) is 0 Å². The first-order chi connectivity index (χ1) is 6.20. The number of esters is 1. The first-order valence-electron chi connectivity index (χ1n) is 4.66. The fourth-order valence-corrected chi connectivity index (χ4v) is 1.80. The number of rotatable bonds is 3. The second-order valence-electron chi connectivity index (χ2n) is 3.40. The van der Waals surface area contributed by atoms with Crippen molar-refractivity contribution < 1.29 is 9.53 Å². The molecule has 2 atom stereocenters. The Morgan fingerprint density at radius 3 is 3.00 bits per heavy atom. The first-order valence-corrected chi connectivity index (χ1v) is 4.66. The monoisotopic (exact) mass is 183 g/mol. The molecule has 1 aliphatic rings. The van der Waals surface area contributed by atoms with E-state index in [4.69, 9.17) is 4.74 Å². The summed E-state index contributed by atoms with van der Waals surface area (Å²) in [6.45, 7) is 6.75. The van der Waals surface area contributed by atoms with Crippen LogP contribution in [0.1, 0.15) is 19.8 Å². The van der Waals surface area contributed by atoms with E-state index in [-0.39, 0.29) is 18.1 Å². The Balaban J connectivity index is 2.63. The maximum Gasteiger partial charge on any atom is 0.323 e. The van der Waals surface area contributed by atoms with E-state index in [1.54, 1.807) is 0 Å². The molecule has 0 spiro atoms. The average molecular weight is 183 g/mol. The number of ether oxygens (including phenoxy) is 1. The van der Waals surface area contributed by atoms with Crippen LogP contribution in [0.4, 0.5) is 0 Å². The van der Waals surface area contributed by atoms with Gasteiger partial charge in [-0.25, -0.2) is 0 Å². The van der Waals surface area contributed by atoms with Crippen molar-refractivity contribution in [2.24, 2.45) is 0 Å². The summed E-state index contributed by atoms with van der Waals surface area (Å²) in [6.07, 6.45) is 3.84. The first kappa shape index (κ1) is 10.3. The Bertz CT molecular complexity index is 203. The number of nitrogens with zero attached hydrogens (tertiary/aromatic N) is 1. The van der Waals surface area contributed by atoms with E-state index >= 15 is 0 Å². The number of hydrogen-bond donors (Lipinski definition) is 0. The molecule has 0 bridgehead atoms. The minimum absolute atomic E-state index is 0.0574. The van der Waals surface area contributed by atoms with Crippen LogP contribution < -0.4 is 0 Å². The molecule has 0 aromatic carbocycles. The van der Waals surface area contributed by atoms with Crippen molar-refractivity contribution in [3.8, 4) is 0 Å². The maximum absolute atomic E-state index is 11.3. The van der Waals surface area contributed by atoms with Crippen molar-refractivity contribution in [2.45, 2.75) is 31.8 Å². The van der Waals surface area contributed by atoms with Gasteiger partial charge in [0.1, 0.15) is 6.04 Å². The van der Waals surface area contributed by atoms with Gasteiger partial charge < -0.3 is 4.74 Å². The van der Waals surface area contributed by atoms with Crippen molar-refractivity contribution >= 4 is 5.97 Å². The summed E-state index contributed by atoms with van der Waals surface area (Å²) >= 11 is 0. The smallest absolute Gasteiger partial charge is 0.323 e. The van der Waals surface area contributed by atoms with E-state index in [9.17, 15) is 4.79 Å². The van der Waals surface area contributed by atoms with E-state index in [2.05, 4.69) is 11.5 Å². The number of carbonyl (C=O) groups excluding carboxylic acids is 1. The molecule has 0 aliphatic carbocycles. The van der Waals surface area contributed by atoms with E-state index in [0.29, 0.717) is 0 Å². The molecule has 0 saturated carbocycles. The van der Waals surface area contributed by atoms with Crippen LogP contribution in [0.3, 0.4) is 0 Å². The lowest BCUT2D eigenvalue weighted by atomic mass is 10.2. The highest BCUT2D eigenvalue weighted by Gasteiger charge is 2.33. The summed E-state index contributed by atoms with van der Waals surface area (Å²) in [7, 11) is 1.44. The van der Waals surface area contributed by atoms with Crippen molar-refractivity contribution in [2.75, 3.05) is 13.7 Å². The molecular weight excluding hydrogens is 166 g/mol. The average Bonchev–Trinajstić information content (AvgIpc) is 2.63. The van der Waals surface area contributed by atoms with E-state index in [0.717, 1.165) is 19.4 Å². The van der Waals surface area contributed by atoms with Crippen LogP contribution in [0.25, 0.3) is 0 Å². The third kappa shape index (κ3) is 2.10. The van der Waals surface area contributed by atoms with Gasteiger partial charge in [-0.15, -0.1) is 6.58 Å². The standard InChI is InChI=1S/C10H17NO2/c1-4-8(2)11-7-5-6-9(11)10(12)13-3/h4,8-9H,1,5-7H2,2-3H3. The predicted molar refractivity (Wildman–Crippen MR) is 51.4 cm³/mol. The van der Waals surface area contributed by atoms with Crippen molar-refractivity contribution in [1.29, 1.82) is 0 Å². The minimum Gasteiger partial charge on any atom is -0.468 e. The molecule has 3 heteroatoms. The van der Waals surface area contributed by atoms with Crippen LogP contribution in [0, 0.1) is 0 Å². The number of hydrogen-bond acceptors (Lipinski definition) is 3. The topological polar surface area (TPSA) is 29.5 Å². The van der Waals surface area contributed by atoms with Crippen molar-refractivity contribution in [3.05, 3.63) is 12.7 Å². The molecule has 0 amide bonds. The van der Waals surface area contributed by atoms with Gasteiger partial charge >= 0.3 is 5.97 Å². The fraction of sp³-hybridized carbons (Fsp3) is 0.700. The zero-order valence-electron chi connectivity index (χ0n) is 8.32. The van der Waals surface area contributed by atoms with Gasteiger partial charge in [0, 0.05) is 6.04 Å². The van der Waals surface area contributed by atoms with Gasteiger partial charge in [0.05, 0.1) is 7.11 Å². The number of methoxy groups -OCH3 is 1. The van der Waals surface area contributed by atoms with Gasteiger partial charge in [-0.05, 0) is 26.3 Å². The van der Waals surface area contributed by atoms with Crippen molar-refractivity contribution in [3.63, 3.8) is 0 Å². The van der Waals surface area contributed by atoms with Gasteiger partial charge in [0.15, 0.2) is 0 Å². The molecule has 1 fully saturated rings. The number of carbonyl (C=O) groups is 1. The lowest BCUT2D eigenvalue weighted by molar-refractivity contribution is -0.146. The Labute approximate surface area is 79.4 Å². The maximum atomic E-state index is 11.3. The molecule has 0 aromatic heterocycles. The molecule has 74 valence electrons. The largest absolute Gasteiger partial charge is 0.468 e. The molecule has 0 radical (unpaired) electrons. The van der Waals surface area contributed by atoms with Crippen LogP contribution in [0.2, 0.25) is 0 Å². The molecule has 13 heavy (non-hydrogen) atoms. The fourth-order valence-electron chi connectivity index (χ4n) is 1.80. The molecule has 2 unspecified atom stereocenters. The van der Waals surface area contributed by atoms with Crippen LogP contribution in [-0.4, -0.2) is 36.6 Å². The summed E-state index contributed by atoms with van der Waals surface area (Å²) in [5, 5.41) is 0. The SMILES string of the molecule is C=CC(C)N1CCCC1C(=O)OC. The predicted octanol–water partition coefficient (Wildman–Crippen LogP) is 1.20. The van der Waals surface area contributed by atoms with Crippen LogP contribution in [0.5, 0.6) is 0 Å². The summed E-state index contributed by atoms with van der Waals surface area (Å²) in [4.78, 5) is 13.5. The molecule has 1 heterocycles. The van der Waals surface area contributed by atoms with E-state index < -0.39 is 0 Å². The van der Waals surface area contributed by atoms with Gasteiger partial charge in [0.2, 0.25) is 0 Å². The Kier molecular flexibility index (Phi) is 3.48. The zero-order chi connectivity index (χ0) is 9.84. The highest BCUT2D eigenvalue weighted by molar-refractivity contribution is 5.76. The molecule has 1 aliphatic heterocycles. The van der Waals surface area contributed by atoms with Gasteiger partial charge in [0.25, 0.3) is 0 Å². The Morgan fingerprint density at radius 1 is 1.77 bits per heavy atom. The normalized spacial score (nSPS) is 25.5. The quantitative estimate of drug-likeness (QED) is 0.486. The van der Waals surface area contributed by atoms with Gasteiger partial charge in [-0.3, -0.25) is 9.69 Å². The molecule has 0 aromatic rings. The van der Waals surface area contributed by atoms with E-state index in [1.807, 2.05) is 13.0 Å². The molecular formula is C10H17NO2.